The first-order chi connectivity index (χ1) is 14.9. The molecule has 0 fully saturated rings. The number of ether oxygens (including phenoxy) is 1. The van der Waals surface area contributed by atoms with Crippen molar-refractivity contribution < 1.29 is 19.1 Å². The Bertz CT molecular complexity index is 1100. The predicted molar refractivity (Wildman–Crippen MR) is 119 cm³/mol. The molecule has 2 unspecified atom stereocenters. The number of fused-ring (bicyclic) bond motifs is 3. The van der Waals surface area contributed by atoms with Gasteiger partial charge in [0.25, 0.3) is 0 Å². The number of halogens is 1. The SMILES string of the molecule is COc1ccc(C2NC(=O)N=C3c4ccccc4N(C(=O)CNC(C)=O)CC32)cc1Br. The highest BCUT2D eigenvalue weighted by atomic mass is 79.9. The van der Waals surface area contributed by atoms with Crippen molar-refractivity contribution in [2.24, 2.45) is 10.9 Å². The van der Waals surface area contributed by atoms with Gasteiger partial charge in [0.2, 0.25) is 11.8 Å². The summed E-state index contributed by atoms with van der Waals surface area (Å²) >= 11 is 3.50. The van der Waals surface area contributed by atoms with Gasteiger partial charge in [-0.15, -0.1) is 0 Å². The number of carbonyl (C=O) groups is 3. The van der Waals surface area contributed by atoms with Gasteiger partial charge in [-0.2, -0.15) is 4.99 Å². The maximum atomic E-state index is 12.9. The quantitative estimate of drug-likeness (QED) is 0.696. The van der Waals surface area contributed by atoms with Gasteiger partial charge in [0.15, 0.2) is 0 Å². The van der Waals surface area contributed by atoms with E-state index >= 15 is 0 Å². The Morgan fingerprint density at radius 2 is 2.06 bits per heavy atom. The first-order valence-electron chi connectivity index (χ1n) is 9.75. The zero-order valence-corrected chi connectivity index (χ0v) is 18.6. The van der Waals surface area contributed by atoms with Gasteiger partial charge in [0, 0.05) is 24.9 Å². The minimum Gasteiger partial charge on any atom is -0.496 e. The number of nitrogens with zero attached hydrogens (tertiary/aromatic N) is 2. The van der Waals surface area contributed by atoms with Gasteiger partial charge < -0.3 is 20.3 Å². The summed E-state index contributed by atoms with van der Waals surface area (Å²) < 4.78 is 6.08. The lowest BCUT2D eigenvalue weighted by Gasteiger charge is -2.41. The molecule has 4 amide bonds. The van der Waals surface area contributed by atoms with Crippen molar-refractivity contribution in [3.63, 3.8) is 0 Å². The number of hydrogen-bond donors (Lipinski definition) is 2. The van der Waals surface area contributed by atoms with Crippen LogP contribution in [0.4, 0.5) is 10.5 Å². The fourth-order valence-corrected chi connectivity index (χ4v) is 4.57. The monoisotopic (exact) mass is 484 g/mol. The molecule has 0 aromatic heterocycles. The fraction of sp³-hybridized carbons (Fsp3) is 0.273. The molecule has 2 aliphatic heterocycles. The van der Waals surface area contributed by atoms with Gasteiger partial charge in [-0.05, 0) is 39.7 Å². The van der Waals surface area contributed by atoms with E-state index in [1.165, 1.54) is 6.92 Å². The van der Waals surface area contributed by atoms with Crippen LogP contribution in [0.1, 0.15) is 24.1 Å². The molecule has 2 aromatic carbocycles. The average Bonchev–Trinajstić information content (AvgIpc) is 2.76. The topological polar surface area (TPSA) is 100 Å². The molecule has 0 saturated heterocycles. The van der Waals surface area contributed by atoms with Crippen LogP contribution in [0.5, 0.6) is 5.75 Å². The molecular formula is C22H21BrN4O4. The van der Waals surface area contributed by atoms with E-state index in [0.717, 1.165) is 15.6 Å². The molecule has 2 aliphatic rings. The lowest BCUT2D eigenvalue weighted by molar-refractivity contribution is -0.123. The molecule has 4 rings (SSSR count). The predicted octanol–water partition coefficient (Wildman–Crippen LogP) is 2.81. The summed E-state index contributed by atoms with van der Waals surface area (Å²) in [7, 11) is 1.59. The van der Waals surface area contributed by atoms with Crippen LogP contribution >= 0.6 is 15.9 Å². The van der Waals surface area contributed by atoms with Crippen molar-refractivity contribution in [3.8, 4) is 5.75 Å². The number of aliphatic imine (C=N–C) groups is 1. The minimum absolute atomic E-state index is 0.103. The van der Waals surface area contributed by atoms with Gasteiger partial charge >= 0.3 is 6.03 Å². The van der Waals surface area contributed by atoms with Crippen LogP contribution in [-0.2, 0) is 9.59 Å². The number of methoxy groups -OCH3 is 1. The summed E-state index contributed by atoms with van der Waals surface area (Å²) in [5, 5.41) is 5.51. The van der Waals surface area contributed by atoms with E-state index in [1.807, 2.05) is 42.5 Å². The highest BCUT2D eigenvalue weighted by molar-refractivity contribution is 9.10. The maximum absolute atomic E-state index is 12.9. The summed E-state index contributed by atoms with van der Waals surface area (Å²) in [6.45, 7) is 1.59. The highest BCUT2D eigenvalue weighted by Gasteiger charge is 2.41. The second-order valence-corrected chi connectivity index (χ2v) is 8.21. The van der Waals surface area contributed by atoms with E-state index in [0.29, 0.717) is 23.7 Å². The molecule has 0 bridgehead atoms. The molecule has 0 radical (unpaired) electrons. The van der Waals surface area contributed by atoms with E-state index in [4.69, 9.17) is 4.74 Å². The Morgan fingerprint density at radius 1 is 1.29 bits per heavy atom. The van der Waals surface area contributed by atoms with Crippen LogP contribution in [0.3, 0.4) is 0 Å². The number of nitrogens with one attached hydrogen (secondary N) is 2. The summed E-state index contributed by atoms with van der Waals surface area (Å²) in [5.41, 5.74) is 2.94. The minimum atomic E-state index is -0.420. The summed E-state index contributed by atoms with van der Waals surface area (Å²) in [6, 6.07) is 12.2. The molecule has 2 heterocycles. The molecule has 31 heavy (non-hydrogen) atoms. The number of rotatable bonds is 4. The first kappa shape index (κ1) is 21.0. The Hall–Kier alpha value is -3.20. The van der Waals surface area contributed by atoms with E-state index in [-0.39, 0.29) is 30.3 Å². The normalized spacial score (nSPS) is 19.5. The van der Waals surface area contributed by atoms with Crippen LogP contribution in [-0.4, -0.2) is 43.8 Å². The van der Waals surface area contributed by atoms with Crippen molar-refractivity contribution >= 4 is 45.2 Å². The van der Waals surface area contributed by atoms with Gasteiger partial charge in [0.1, 0.15) is 5.75 Å². The van der Waals surface area contributed by atoms with Crippen molar-refractivity contribution in [1.82, 2.24) is 10.6 Å². The van der Waals surface area contributed by atoms with Crippen LogP contribution in [0.25, 0.3) is 0 Å². The van der Waals surface area contributed by atoms with E-state index in [2.05, 4.69) is 31.6 Å². The summed E-state index contributed by atoms with van der Waals surface area (Å²) in [4.78, 5) is 42.6. The molecule has 8 nitrogen and oxygen atoms in total. The Labute approximate surface area is 187 Å². The van der Waals surface area contributed by atoms with Crippen molar-refractivity contribution in [2.45, 2.75) is 13.0 Å². The molecule has 0 spiro atoms. The largest absolute Gasteiger partial charge is 0.496 e. The summed E-state index contributed by atoms with van der Waals surface area (Å²) in [6.07, 6.45) is 0. The van der Waals surface area contributed by atoms with Crippen molar-refractivity contribution in [2.75, 3.05) is 25.1 Å². The van der Waals surface area contributed by atoms with E-state index in [9.17, 15) is 14.4 Å². The van der Waals surface area contributed by atoms with Gasteiger partial charge in [-0.3, -0.25) is 9.59 Å². The smallest absolute Gasteiger partial charge is 0.341 e. The number of carbonyl (C=O) groups excluding carboxylic acids is 3. The van der Waals surface area contributed by atoms with Crippen LogP contribution in [0, 0.1) is 5.92 Å². The Kier molecular flexibility index (Phi) is 5.77. The molecule has 2 N–H and O–H groups in total. The second-order valence-electron chi connectivity index (χ2n) is 7.36. The standard InChI is InChI=1S/C22H21BrN4O4/c1-12(28)24-10-19(29)27-11-15-20(13-7-8-18(31-2)16(23)9-13)25-22(30)26-21(15)14-5-3-4-6-17(14)27/h3-9,15,20H,10-11H2,1-2H3,(H,24,28)(H,25,30). The number of urea groups is 1. The summed E-state index contributed by atoms with van der Waals surface area (Å²) in [5.74, 6) is -0.0740. The number of hydrogen-bond acceptors (Lipinski definition) is 4. The van der Waals surface area contributed by atoms with Gasteiger partial charge in [0.05, 0.1) is 35.6 Å². The third-order valence-electron chi connectivity index (χ3n) is 5.43. The third kappa shape index (κ3) is 4.05. The Morgan fingerprint density at radius 3 is 2.77 bits per heavy atom. The average molecular weight is 485 g/mol. The lowest BCUT2D eigenvalue weighted by Crippen LogP contribution is -2.52. The van der Waals surface area contributed by atoms with Crippen molar-refractivity contribution in [3.05, 3.63) is 58.1 Å². The number of amides is 4. The molecule has 9 heteroatoms. The zero-order chi connectivity index (χ0) is 22.1. The number of anilines is 1. The van der Waals surface area contributed by atoms with E-state index in [1.54, 1.807) is 12.0 Å². The Balaban J connectivity index is 1.75. The molecule has 0 saturated carbocycles. The zero-order valence-electron chi connectivity index (χ0n) is 17.0. The van der Waals surface area contributed by atoms with Crippen LogP contribution in [0.15, 0.2) is 51.9 Å². The lowest BCUT2D eigenvalue weighted by atomic mass is 9.81. The van der Waals surface area contributed by atoms with E-state index < -0.39 is 6.03 Å². The second kappa shape index (κ2) is 8.50. The molecule has 0 aliphatic carbocycles. The van der Waals surface area contributed by atoms with Crippen LogP contribution in [0.2, 0.25) is 0 Å². The molecule has 2 aromatic rings. The number of para-hydroxylation sites is 1. The fourth-order valence-electron chi connectivity index (χ4n) is 4.01. The maximum Gasteiger partial charge on any atom is 0.341 e. The number of benzene rings is 2. The van der Waals surface area contributed by atoms with Crippen molar-refractivity contribution in [1.29, 1.82) is 0 Å². The van der Waals surface area contributed by atoms with Crippen LogP contribution < -0.4 is 20.3 Å². The molecular weight excluding hydrogens is 464 g/mol. The van der Waals surface area contributed by atoms with Gasteiger partial charge in [-0.25, -0.2) is 4.79 Å². The highest BCUT2D eigenvalue weighted by Crippen LogP contribution is 2.39. The van der Waals surface area contributed by atoms with Gasteiger partial charge in [-0.1, -0.05) is 24.3 Å². The molecule has 2 atom stereocenters. The molecule has 160 valence electrons. The third-order valence-corrected chi connectivity index (χ3v) is 6.05. The first-order valence-corrected chi connectivity index (χ1v) is 10.5.